The maximum atomic E-state index is 12.6. The Kier molecular flexibility index (Phi) is 5.69. The van der Waals surface area contributed by atoms with Crippen LogP contribution in [0.5, 0.6) is 0 Å². The van der Waals surface area contributed by atoms with Crippen LogP contribution in [-0.2, 0) is 22.8 Å². The molecule has 0 spiro atoms. The summed E-state index contributed by atoms with van der Waals surface area (Å²) in [4.78, 5) is 20.9. The maximum absolute atomic E-state index is 12.6. The fraction of sp³-hybridized carbons (Fsp3) is 0.474. The number of benzene rings is 1. The average molecular weight is 408 g/mol. The van der Waals surface area contributed by atoms with Gasteiger partial charge in [0, 0.05) is 36.0 Å². The highest BCUT2D eigenvalue weighted by atomic mass is 32.2. The molecule has 0 unspecified atom stereocenters. The lowest BCUT2D eigenvalue weighted by Crippen LogP contribution is -2.35. The van der Waals surface area contributed by atoms with Gasteiger partial charge < -0.3 is 0 Å². The number of aromatic nitrogens is 1. The predicted octanol–water partition coefficient (Wildman–Crippen LogP) is 3.34. The van der Waals surface area contributed by atoms with Crippen LogP contribution in [0, 0.1) is 0 Å². The zero-order valence-corrected chi connectivity index (χ0v) is 17.7. The zero-order valence-electron chi connectivity index (χ0n) is 16.0. The first-order valence-corrected chi connectivity index (χ1v) is 11.4. The zero-order chi connectivity index (χ0) is 19.8. The third-order valence-electron chi connectivity index (χ3n) is 4.76. The average Bonchev–Trinajstić information content (AvgIpc) is 3.02. The number of rotatable bonds is 5. The molecule has 0 radical (unpaired) electrons. The van der Waals surface area contributed by atoms with Gasteiger partial charge in [-0.05, 0) is 45.9 Å². The van der Waals surface area contributed by atoms with Crippen molar-refractivity contribution >= 4 is 32.2 Å². The molecule has 1 aromatic carbocycles. The van der Waals surface area contributed by atoms with Crippen LogP contribution in [0.3, 0.4) is 0 Å². The number of anilines is 1. The second-order valence-electron chi connectivity index (χ2n) is 7.28. The highest BCUT2D eigenvalue weighted by molar-refractivity contribution is 7.92. The second-order valence-corrected chi connectivity index (χ2v) is 10.9. The number of fused-ring (bicyclic) bond motifs is 1. The summed E-state index contributed by atoms with van der Waals surface area (Å²) >= 11 is 1.49. The van der Waals surface area contributed by atoms with E-state index in [2.05, 4.69) is 29.0 Å². The molecule has 1 aliphatic heterocycles. The van der Waals surface area contributed by atoms with Gasteiger partial charge in [0.1, 0.15) is 0 Å². The van der Waals surface area contributed by atoms with Crippen molar-refractivity contribution in [1.82, 2.24) is 9.88 Å². The van der Waals surface area contributed by atoms with Crippen LogP contribution in [0.2, 0.25) is 0 Å². The fourth-order valence-electron chi connectivity index (χ4n) is 2.97. The Morgan fingerprint density at radius 3 is 2.67 bits per heavy atom. The summed E-state index contributed by atoms with van der Waals surface area (Å²) in [7, 11) is -3.42. The van der Waals surface area contributed by atoms with E-state index in [1.165, 1.54) is 28.3 Å². The van der Waals surface area contributed by atoms with Gasteiger partial charge in [0.15, 0.2) is 15.0 Å². The van der Waals surface area contributed by atoms with E-state index in [0.29, 0.717) is 16.7 Å². The van der Waals surface area contributed by atoms with Gasteiger partial charge in [-0.2, -0.15) is 0 Å². The number of sulfone groups is 1. The van der Waals surface area contributed by atoms with Crippen molar-refractivity contribution < 1.29 is 13.2 Å². The first-order valence-electron chi connectivity index (χ1n) is 9.06. The number of nitrogens with zero attached hydrogens (tertiary/aromatic N) is 2. The standard InChI is InChI=1S/C19H25N3O3S2/c1-12(2)22-9-8-16-17(11-22)26-19(20-16)21-18(23)14-6-5-7-15(10-14)27(24,25)13(3)4/h5-7,10,12-13H,8-9,11H2,1-4H3,(H,20,21,23). The van der Waals surface area contributed by atoms with Crippen molar-refractivity contribution in [2.45, 2.75) is 56.8 Å². The molecular weight excluding hydrogens is 382 g/mol. The van der Waals surface area contributed by atoms with Gasteiger partial charge in [-0.1, -0.05) is 6.07 Å². The van der Waals surface area contributed by atoms with Crippen LogP contribution in [-0.4, -0.2) is 42.0 Å². The molecule has 146 valence electrons. The molecule has 0 aliphatic carbocycles. The molecule has 3 rings (SSSR count). The molecule has 2 aromatic rings. The predicted molar refractivity (Wildman–Crippen MR) is 108 cm³/mol. The molecule has 8 heteroatoms. The lowest BCUT2D eigenvalue weighted by Gasteiger charge is -2.29. The van der Waals surface area contributed by atoms with Crippen LogP contribution >= 0.6 is 11.3 Å². The monoisotopic (exact) mass is 407 g/mol. The molecule has 1 aromatic heterocycles. The molecule has 0 saturated heterocycles. The summed E-state index contributed by atoms with van der Waals surface area (Å²) in [6.07, 6.45) is 0.877. The Bertz CT molecular complexity index is 949. The quantitative estimate of drug-likeness (QED) is 0.822. The lowest BCUT2D eigenvalue weighted by molar-refractivity contribution is 0.102. The molecule has 0 saturated carbocycles. The van der Waals surface area contributed by atoms with Gasteiger partial charge in [-0.15, -0.1) is 11.3 Å². The molecule has 27 heavy (non-hydrogen) atoms. The van der Waals surface area contributed by atoms with E-state index in [0.717, 1.165) is 25.2 Å². The molecule has 0 fully saturated rings. The van der Waals surface area contributed by atoms with E-state index in [4.69, 9.17) is 0 Å². The minimum Gasteiger partial charge on any atom is -0.298 e. The van der Waals surface area contributed by atoms with Crippen molar-refractivity contribution in [3.05, 3.63) is 40.4 Å². The van der Waals surface area contributed by atoms with Gasteiger partial charge in [0.25, 0.3) is 5.91 Å². The summed E-state index contributed by atoms with van der Waals surface area (Å²) in [6, 6.07) is 6.64. The van der Waals surface area contributed by atoms with Crippen molar-refractivity contribution in [3.63, 3.8) is 0 Å². The molecule has 1 N–H and O–H groups in total. The van der Waals surface area contributed by atoms with Crippen molar-refractivity contribution in [2.24, 2.45) is 0 Å². The van der Waals surface area contributed by atoms with Crippen molar-refractivity contribution in [2.75, 3.05) is 11.9 Å². The van der Waals surface area contributed by atoms with E-state index in [9.17, 15) is 13.2 Å². The number of carbonyl (C=O) groups excluding carboxylic acids is 1. The minimum atomic E-state index is -3.42. The van der Waals surface area contributed by atoms with Gasteiger partial charge in [0.05, 0.1) is 15.8 Å². The Morgan fingerprint density at radius 1 is 1.26 bits per heavy atom. The van der Waals surface area contributed by atoms with E-state index >= 15 is 0 Å². The molecule has 1 amide bonds. The van der Waals surface area contributed by atoms with Crippen LogP contribution in [0.1, 0.15) is 48.6 Å². The van der Waals surface area contributed by atoms with Gasteiger partial charge in [0.2, 0.25) is 0 Å². The van der Waals surface area contributed by atoms with Crippen LogP contribution < -0.4 is 5.32 Å². The summed E-state index contributed by atoms with van der Waals surface area (Å²) in [6.45, 7) is 9.42. The lowest BCUT2D eigenvalue weighted by atomic mass is 10.1. The summed E-state index contributed by atoms with van der Waals surface area (Å²) in [5, 5.41) is 2.85. The highest BCUT2D eigenvalue weighted by Crippen LogP contribution is 2.29. The summed E-state index contributed by atoms with van der Waals surface area (Å²) in [5.74, 6) is -0.345. The Balaban J connectivity index is 1.78. The highest BCUT2D eigenvalue weighted by Gasteiger charge is 2.24. The van der Waals surface area contributed by atoms with E-state index in [-0.39, 0.29) is 10.8 Å². The topological polar surface area (TPSA) is 79.4 Å². The van der Waals surface area contributed by atoms with Gasteiger partial charge >= 0.3 is 0 Å². The van der Waals surface area contributed by atoms with Crippen LogP contribution in [0.4, 0.5) is 5.13 Å². The van der Waals surface area contributed by atoms with Crippen LogP contribution in [0.25, 0.3) is 0 Å². The number of nitrogens with one attached hydrogen (secondary N) is 1. The maximum Gasteiger partial charge on any atom is 0.257 e. The number of amides is 1. The molecule has 1 aliphatic rings. The molecule has 0 atom stereocenters. The van der Waals surface area contributed by atoms with E-state index in [1.807, 2.05) is 0 Å². The Morgan fingerprint density at radius 2 is 2.00 bits per heavy atom. The third-order valence-corrected chi connectivity index (χ3v) is 7.91. The van der Waals surface area contributed by atoms with Gasteiger partial charge in [-0.25, -0.2) is 13.4 Å². The van der Waals surface area contributed by atoms with Crippen molar-refractivity contribution in [1.29, 1.82) is 0 Å². The number of thiazole rings is 1. The summed E-state index contributed by atoms with van der Waals surface area (Å²) < 4.78 is 24.7. The SMILES string of the molecule is CC(C)N1CCc2nc(NC(=O)c3cccc(S(=O)(=O)C(C)C)c3)sc2C1. The van der Waals surface area contributed by atoms with Crippen molar-refractivity contribution in [3.8, 4) is 0 Å². The Labute approximate surface area is 164 Å². The minimum absolute atomic E-state index is 0.163. The molecule has 2 heterocycles. The molecule has 0 bridgehead atoms. The van der Waals surface area contributed by atoms with Crippen LogP contribution in [0.15, 0.2) is 29.2 Å². The summed E-state index contributed by atoms with van der Waals surface area (Å²) in [5.41, 5.74) is 1.36. The first-order chi connectivity index (χ1) is 12.7. The first kappa shape index (κ1) is 20.0. The Hall–Kier alpha value is -1.77. The van der Waals surface area contributed by atoms with E-state index in [1.54, 1.807) is 26.0 Å². The number of hydrogen-bond donors (Lipinski definition) is 1. The largest absolute Gasteiger partial charge is 0.298 e. The fourth-order valence-corrected chi connectivity index (χ4v) is 5.10. The molecular formula is C19H25N3O3S2. The van der Waals surface area contributed by atoms with Gasteiger partial charge in [-0.3, -0.25) is 15.0 Å². The van der Waals surface area contributed by atoms with E-state index < -0.39 is 15.1 Å². The third kappa shape index (κ3) is 4.23. The smallest absolute Gasteiger partial charge is 0.257 e. The number of carbonyl (C=O) groups is 1. The second kappa shape index (κ2) is 7.69. The molecule has 6 nitrogen and oxygen atoms in total. The number of hydrogen-bond acceptors (Lipinski definition) is 6. The normalized spacial score (nSPS) is 15.2.